The molecule has 0 saturated carbocycles. The van der Waals surface area contributed by atoms with Crippen molar-refractivity contribution in [2.45, 2.75) is 13.3 Å². The molecule has 8 heteroatoms. The standard InChI is InChI=1S/C24H22BrN3O3S/c1-2-13-31-21-12-11-17(25)15-20(21)23(30)28-24(32)27-19-10-6-7-16(14-19)22(29)26-18-8-4-3-5-9-18/h3-12,14-15H,2,13H2,1H3,(H,26,29)(H2,27,28,30,32). The van der Waals surface area contributed by atoms with Crippen LogP contribution in [-0.4, -0.2) is 23.5 Å². The van der Waals surface area contributed by atoms with Crippen molar-refractivity contribution in [1.82, 2.24) is 5.32 Å². The summed E-state index contributed by atoms with van der Waals surface area (Å²) in [7, 11) is 0. The summed E-state index contributed by atoms with van der Waals surface area (Å²) in [6.07, 6.45) is 0.825. The number of carbonyl (C=O) groups excluding carboxylic acids is 2. The van der Waals surface area contributed by atoms with Crippen LogP contribution in [-0.2, 0) is 0 Å². The third-order valence-corrected chi connectivity index (χ3v) is 4.99. The Kier molecular flexibility index (Phi) is 8.35. The topological polar surface area (TPSA) is 79.5 Å². The van der Waals surface area contributed by atoms with E-state index in [1.807, 2.05) is 43.3 Å². The van der Waals surface area contributed by atoms with Gasteiger partial charge in [-0.05, 0) is 67.2 Å². The molecule has 0 aliphatic carbocycles. The van der Waals surface area contributed by atoms with Crippen LogP contribution in [0.2, 0.25) is 0 Å². The van der Waals surface area contributed by atoms with E-state index in [-0.39, 0.29) is 11.0 Å². The molecule has 3 N–H and O–H groups in total. The lowest BCUT2D eigenvalue weighted by molar-refractivity contribution is 0.0972. The summed E-state index contributed by atoms with van der Waals surface area (Å²) in [5.41, 5.74) is 2.10. The van der Waals surface area contributed by atoms with Gasteiger partial charge in [-0.15, -0.1) is 0 Å². The maximum atomic E-state index is 12.8. The molecule has 6 nitrogen and oxygen atoms in total. The molecule has 0 saturated heterocycles. The number of ether oxygens (including phenoxy) is 1. The molecule has 32 heavy (non-hydrogen) atoms. The number of anilines is 2. The van der Waals surface area contributed by atoms with E-state index in [9.17, 15) is 9.59 Å². The maximum Gasteiger partial charge on any atom is 0.261 e. The highest BCUT2D eigenvalue weighted by molar-refractivity contribution is 9.10. The van der Waals surface area contributed by atoms with Crippen LogP contribution in [0.3, 0.4) is 0 Å². The minimum atomic E-state index is -0.395. The first kappa shape index (κ1) is 23.4. The lowest BCUT2D eigenvalue weighted by Gasteiger charge is -2.14. The maximum absolute atomic E-state index is 12.8. The van der Waals surface area contributed by atoms with Gasteiger partial charge in [-0.2, -0.15) is 0 Å². The van der Waals surface area contributed by atoms with Crippen molar-refractivity contribution >= 4 is 56.4 Å². The van der Waals surface area contributed by atoms with Crippen LogP contribution in [0.4, 0.5) is 11.4 Å². The van der Waals surface area contributed by atoms with Gasteiger partial charge in [0, 0.05) is 21.4 Å². The van der Waals surface area contributed by atoms with E-state index in [4.69, 9.17) is 17.0 Å². The van der Waals surface area contributed by atoms with Crippen LogP contribution < -0.4 is 20.7 Å². The van der Waals surface area contributed by atoms with Crippen molar-refractivity contribution in [3.63, 3.8) is 0 Å². The largest absolute Gasteiger partial charge is 0.493 e. The molecule has 0 bridgehead atoms. The number of halogens is 1. The smallest absolute Gasteiger partial charge is 0.261 e. The van der Waals surface area contributed by atoms with Gasteiger partial charge in [-0.25, -0.2) is 0 Å². The molecule has 0 unspecified atom stereocenters. The van der Waals surface area contributed by atoms with Gasteiger partial charge in [-0.3, -0.25) is 14.9 Å². The van der Waals surface area contributed by atoms with Crippen LogP contribution in [0.5, 0.6) is 5.75 Å². The minimum Gasteiger partial charge on any atom is -0.493 e. The Bertz CT molecular complexity index is 1120. The first-order valence-corrected chi connectivity index (χ1v) is 11.2. The van der Waals surface area contributed by atoms with Gasteiger partial charge in [-0.1, -0.05) is 47.1 Å². The number of carbonyl (C=O) groups is 2. The second-order valence-electron chi connectivity index (χ2n) is 6.80. The fraction of sp³-hybridized carbons (Fsp3) is 0.125. The van der Waals surface area contributed by atoms with Crippen molar-refractivity contribution < 1.29 is 14.3 Å². The van der Waals surface area contributed by atoms with Crippen molar-refractivity contribution in [2.24, 2.45) is 0 Å². The summed E-state index contributed by atoms with van der Waals surface area (Å²) in [5, 5.41) is 8.54. The minimum absolute atomic E-state index is 0.108. The summed E-state index contributed by atoms with van der Waals surface area (Å²) < 4.78 is 6.42. The van der Waals surface area contributed by atoms with Gasteiger partial charge in [0.2, 0.25) is 0 Å². The quantitative estimate of drug-likeness (QED) is 0.359. The fourth-order valence-corrected chi connectivity index (χ4v) is 3.38. The van der Waals surface area contributed by atoms with Crippen molar-refractivity contribution in [3.8, 4) is 5.75 Å². The number of benzene rings is 3. The summed E-state index contributed by atoms with van der Waals surface area (Å²) in [4.78, 5) is 25.3. The van der Waals surface area contributed by atoms with E-state index in [1.54, 1.807) is 36.4 Å². The van der Waals surface area contributed by atoms with Crippen LogP contribution in [0.15, 0.2) is 77.3 Å². The SMILES string of the molecule is CCCOc1ccc(Br)cc1C(=O)NC(=S)Nc1cccc(C(=O)Nc2ccccc2)c1. The predicted octanol–water partition coefficient (Wildman–Crippen LogP) is 5.62. The van der Waals surface area contributed by atoms with Gasteiger partial charge < -0.3 is 15.4 Å². The van der Waals surface area contributed by atoms with Gasteiger partial charge in [0.1, 0.15) is 5.75 Å². The Balaban J connectivity index is 1.65. The van der Waals surface area contributed by atoms with Gasteiger partial charge in [0.25, 0.3) is 11.8 Å². The average Bonchev–Trinajstić information content (AvgIpc) is 2.79. The average molecular weight is 512 g/mol. The Morgan fingerprint density at radius 1 is 0.906 bits per heavy atom. The molecule has 2 amide bonds. The highest BCUT2D eigenvalue weighted by atomic mass is 79.9. The molecule has 0 aromatic heterocycles. The number of hydrogen-bond donors (Lipinski definition) is 3. The Morgan fingerprint density at radius 3 is 2.41 bits per heavy atom. The predicted molar refractivity (Wildman–Crippen MR) is 134 cm³/mol. The van der Waals surface area contributed by atoms with E-state index in [1.165, 1.54) is 0 Å². The molecule has 0 aliphatic rings. The third-order valence-electron chi connectivity index (χ3n) is 4.29. The molecule has 0 aliphatic heterocycles. The Hall–Kier alpha value is -3.23. The molecular weight excluding hydrogens is 490 g/mol. The zero-order chi connectivity index (χ0) is 22.9. The lowest BCUT2D eigenvalue weighted by atomic mass is 10.2. The van der Waals surface area contributed by atoms with E-state index in [2.05, 4.69) is 31.9 Å². The number of amides is 2. The second kappa shape index (κ2) is 11.4. The Labute approximate surface area is 200 Å². The molecule has 3 aromatic carbocycles. The van der Waals surface area contributed by atoms with Gasteiger partial charge in [0.15, 0.2) is 5.11 Å². The van der Waals surface area contributed by atoms with Gasteiger partial charge >= 0.3 is 0 Å². The van der Waals surface area contributed by atoms with E-state index in [0.717, 1.165) is 10.9 Å². The van der Waals surface area contributed by atoms with Crippen LogP contribution in [0.1, 0.15) is 34.1 Å². The number of para-hydroxylation sites is 1. The molecule has 0 spiro atoms. The van der Waals surface area contributed by atoms with E-state index >= 15 is 0 Å². The monoisotopic (exact) mass is 511 g/mol. The van der Waals surface area contributed by atoms with Crippen LogP contribution in [0.25, 0.3) is 0 Å². The zero-order valence-electron chi connectivity index (χ0n) is 17.4. The summed E-state index contributed by atoms with van der Waals surface area (Å²) in [6, 6.07) is 21.3. The molecule has 0 fully saturated rings. The normalized spacial score (nSPS) is 10.2. The van der Waals surface area contributed by atoms with E-state index in [0.29, 0.717) is 34.9 Å². The third kappa shape index (κ3) is 6.63. The molecule has 0 heterocycles. The van der Waals surface area contributed by atoms with Crippen molar-refractivity contribution in [1.29, 1.82) is 0 Å². The lowest BCUT2D eigenvalue weighted by Crippen LogP contribution is -2.34. The molecule has 0 atom stereocenters. The van der Waals surface area contributed by atoms with Gasteiger partial charge in [0.05, 0.1) is 12.2 Å². The first-order chi connectivity index (χ1) is 15.5. The second-order valence-corrected chi connectivity index (χ2v) is 8.12. The zero-order valence-corrected chi connectivity index (χ0v) is 19.8. The Morgan fingerprint density at radius 2 is 1.66 bits per heavy atom. The summed E-state index contributed by atoms with van der Waals surface area (Å²) >= 11 is 8.67. The van der Waals surface area contributed by atoms with Crippen LogP contribution >= 0.6 is 28.1 Å². The number of thiocarbonyl (C=S) groups is 1. The fourth-order valence-electron chi connectivity index (χ4n) is 2.81. The van der Waals surface area contributed by atoms with E-state index < -0.39 is 5.91 Å². The van der Waals surface area contributed by atoms with Crippen LogP contribution in [0, 0.1) is 0 Å². The molecule has 0 radical (unpaired) electrons. The number of nitrogens with one attached hydrogen (secondary N) is 3. The molecule has 3 aromatic rings. The highest BCUT2D eigenvalue weighted by Crippen LogP contribution is 2.23. The molecule has 3 rings (SSSR count). The highest BCUT2D eigenvalue weighted by Gasteiger charge is 2.15. The van der Waals surface area contributed by atoms with Crippen molar-refractivity contribution in [2.75, 3.05) is 17.2 Å². The molecule has 164 valence electrons. The summed E-state index contributed by atoms with van der Waals surface area (Å²) in [6.45, 7) is 2.49. The van der Waals surface area contributed by atoms with Crippen molar-refractivity contribution in [3.05, 3.63) is 88.4 Å². The number of rotatable bonds is 7. The number of hydrogen-bond acceptors (Lipinski definition) is 4. The first-order valence-electron chi connectivity index (χ1n) is 9.97. The molecular formula is C24H22BrN3O3S. The summed E-state index contributed by atoms with van der Waals surface area (Å²) in [5.74, 6) is -0.163.